The van der Waals surface area contributed by atoms with Gasteiger partial charge in [0.25, 0.3) is 0 Å². The fourth-order valence-electron chi connectivity index (χ4n) is 0.0500. The Morgan fingerprint density at radius 2 is 0.541 bits per heavy atom. The number of hydrogen-bond donors (Lipinski definition) is 8. The van der Waals surface area contributed by atoms with Gasteiger partial charge < -0.3 is 40.9 Å². The number of rotatable bonds is 8. The molecule has 0 saturated heterocycles. The lowest BCUT2D eigenvalue weighted by Crippen LogP contribution is -2.20. The SMILES string of the molecule is C=CC(=O)O.C=CC(=O)O.C=CC(=O)O.C=CC(=O)O.C=CC(=O)O.C=CC(=O)O.CC(C)(CO)CO. The standard InChI is InChI=1S/C5H12O2.6C3H4O2/c1-5(2,3-6)4-7;6*1-2-3(4)5/h6-7H,3-4H2,1-2H3;6*2H,1H2,(H,4,5). The first kappa shape index (κ1) is 49.3. The molecule has 0 unspecified atom stereocenters. The molecule has 0 fully saturated rings. The zero-order valence-electron chi connectivity index (χ0n) is 20.6. The molecule has 0 aliphatic rings. The van der Waals surface area contributed by atoms with Crippen LogP contribution in [0.2, 0.25) is 0 Å². The molecule has 0 radical (unpaired) electrons. The summed E-state index contributed by atoms with van der Waals surface area (Å²) in [4.78, 5) is 55.5. The van der Waals surface area contributed by atoms with Crippen molar-refractivity contribution < 1.29 is 69.6 Å². The van der Waals surface area contributed by atoms with Crippen LogP contribution in [0.25, 0.3) is 0 Å². The van der Waals surface area contributed by atoms with Gasteiger partial charge >= 0.3 is 35.8 Å². The zero-order valence-corrected chi connectivity index (χ0v) is 20.6. The van der Waals surface area contributed by atoms with Gasteiger partial charge in [0.1, 0.15) is 0 Å². The first-order chi connectivity index (χ1) is 16.7. The van der Waals surface area contributed by atoms with Crippen LogP contribution in [0.5, 0.6) is 0 Å². The quantitative estimate of drug-likeness (QED) is 0.205. The molecule has 0 bridgehead atoms. The number of aliphatic hydroxyl groups is 2. The van der Waals surface area contributed by atoms with E-state index in [2.05, 4.69) is 39.5 Å². The van der Waals surface area contributed by atoms with Crippen LogP contribution in [-0.2, 0) is 28.8 Å². The second-order valence-corrected chi connectivity index (χ2v) is 5.73. The highest BCUT2D eigenvalue weighted by atomic mass is 16.4. The number of aliphatic carboxylic acids is 6. The summed E-state index contributed by atoms with van der Waals surface area (Å²) < 4.78 is 0. The maximum absolute atomic E-state index is 9.25. The first-order valence-corrected chi connectivity index (χ1v) is 9.09. The fraction of sp³-hybridized carbons (Fsp3) is 0.217. The van der Waals surface area contributed by atoms with Crippen LogP contribution in [0.4, 0.5) is 0 Å². The summed E-state index contributed by atoms with van der Waals surface area (Å²) in [5.74, 6) is -5.89. The lowest BCUT2D eigenvalue weighted by Gasteiger charge is -2.16. The van der Waals surface area contributed by atoms with E-state index in [4.69, 9.17) is 40.9 Å². The van der Waals surface area contributed by atoms with E-state index < -0.39 is 35.8 Å². The summed E-state index contributed by atoms with van der Waals surface area (Å²) in [7, 11) is 0. The molecular weight excluding hydrogens is 500 g/mol. The van der Waals surface area contributed by atoms with Gasteiger partial charge in [0.15, 0.2) is 0 Å². The van der Waals surface area contributed by atoms with Crippen molar-refractivity contribution in [3.8, 4) is 0 Å². The maximum atomic E-state index is 9.25. The van der Waals surface area contributed by atoms with E-state index in [0.29, 0.717) is 0 Å². The third-order valence-electron chi connectivity index (χ3n) is 1.90. The summed E-state index contributed by atoms with van der Waals surface area (Å²) in [5, 5.41) is 62.5. The van der Waals surface area contributed by atoms with E-state index in [1.54, 1.807) is 13.8 Å². The minimum Gasteiger partial charge on any atom is -0.478 e. The third-order valence-corrected chi connectivity index (χ3v) is 1.90. The average Bonchev–Trinajstić information content (AvgIpc) is 2.85. The molecule has 0 aromatic carbocycles. The molecule has 14 nitrogen and oxygen atoms in total. The summed E-state index contributed by atoms with van der Waals surface area (Å²) >= 11 is 0. The monoisotopic (exact) mass is 536 g/mol. The Morgan fingerprint density at radius 3 is 0.541 bits per heavy atom. The van der Waals surface area contributed by atoms with Crippen molar-refractivity contribution >= 4 is 35.8 Å². The molecule has 0 spiro atoms. The molecule has 37 heavy (non-hydrogen) atoms. The summed E-state index contributed by atoms with van der Waals surface area (Å²) in [6, 6.07) is 0. The van der Waals surface area contributed by atoms with Gasteiger partial charge in [-0.1, -0.05) is 53.3 Å². The van der Waals surface area contributed by atoms with Gasteiger partial charge in [0.05, 0.1) is 13.2 Å². The minimum atomic E-state index is -0.981. The molecule has 8 N–H and O–H groups in total. The number of carbonyl (C=O) groups is 6. The number of hydrogen-bond acceptors (Lipinski definition) is 8. The smallest absolute Gasteiger partial charge is 0.327 e. The highest BCUT2D eigenvalue weighted by Gasteiger charge is 2.13. The summed E-state index contributed by atoms with van der Waals surface area (Å²) in [6.45, 7) is 21.5. The average molecular weight is 537 g/mol. The Hall–Kier alpha value is -4.82. The molecule has 212 valence electrons. The Labute approximate surface area is 214 Å². The van der Waals surface area contributed by atoms with Crippen molar-refractivity contribution in [1.29, 1.82) is 0 Å². The van der Waals surface area contributed by atoms with E-state index in [0.717, 1.165) is 36.5 Å². The molecule has 0 heterocycles. The second kappa shape index (κ2) is 38.4. The van der Waals surface area contributed by atoms with Crippen LogP contribution in [0.3, 0.4) is 0 Å². The predicted octanol–water partition coefficient (Wildman–Crippen LogP) is 1.54. The number of carboxylic acids is 6. The van der Waals surface area contributed by atoms with Crippen molar-refractivity contribution in [2.75, 3.05) is 13.2 Å². The molecule has 0 aromatic heterocycles. The van der Waals surface area contributed by atoms with E-state index >= 15 is 0 Å². The van der Waals surface area contributed by atoms with Crippen molar-refractivity contribution in [3.05, 3.63) is 75.9 Å². The van der Waals surface area contributed by atoms with Gasteiger partial charge in [-0.3, -0.25) is 0 Å². The predicted molar refractivity (Wildman–Crippen MR) is 135 cm³/mol. The van der Waals surface area contributed by atoms with Gasteiger partial charge in [0.2, 0.25) is 0 Å². The van der Waals surface area contributed by atoms with Gasteiger partial charge in [-0.2, -0.15) is 0 Å². The topological polar surface area (TPSA) is 264 Å². The molecule has 0 rings (SSSR count). The Kier molecular flexibility index (Phi) is 51.3. The van der Waals surface area contributed by atoms with E-state index in [1.165, 1.54) is 0 Å². The number of aliphatic hydroxyl groups excluding tert-OH is 2. The molecular formula is C23H36O14. The molecule has 0 amide bonds. The molecule has 0 aliphatic heterocycles. The van der Waals surface area contributed by atoms with E-state index in [1.807, 2.05) is 0 Å². The van der Waals surface area contributed by atoms with Gasteiger partial charge in [-0.15, -0.1) is 0 Å². The highest BCUT2D eigenvalue weighted by Crippen LogP contribution is 2.10. The zero-order chi connectivity index (χ0) is 31.6. The summed E-state index contributed by atoms with van der Waals surface area (Å²) in [5.41, 5.74) is -0.306. The van der Waals surface area contributed by atoms with E-state index in [-0.39, 0.29) is 18.6 Å². The lowest BCUT2D eigenvalue weighted by atomic mass is 9.97. The van der Waals surface area contributed by atoms with E-state index in [9.17, 15) is 28.8 Å². The Bertz CT molecular complexity index is 588. The van der Waals surface area contributed by atoms with Gasteiger partial charge in [0, 0.05) is 41.9 Å². The first-order valence-electron chi connectivity index (χ1n) is 9.09. The van der Waals surface area contributed by atoms with Crippen molar-refractivity contribution in [2.24, 2.45) is 5.41 Å². The molecule has 0 aromatic rings. The molecule has 0 atom stereocenters. The van der Waals surface area contributed by atoms with Crippen molar-refractivity contribution in [2.45, 2.75) is 13.8 Å². The van der Waals surface area contributed by atoms with Crippen LogP contribution in [0.1, 0.15) is 13.8 Å². The van der Waals surface area contributed by atoms with Gasteiger partial charge in [-0.25, -0.2) is 28.8 Å². The van der Waals surface area contributed by atoms with Crippen molar-refractivity contribution in [1.82, 2.24) is 0 Å². The summed E-state index contributed by atoms with van der Waals surface area (Å²) in [6.07, 6.45) is 5.00. The van der Waals surface area contributed by atoms with Crippen molar-refractivity contribution in [3.63, 3.8) is 0 Å². The van der Waals surface area contributed by atoms with Crippen LogP contribution in [-0.4, -0.2) is 89.9 Å². The Balaban J connectivity index is -0.0000000570. The second-order valence-electron chi connectivity index (χ2n) is 5.73. The molecule has 14 heteroatoms. The fourth-order valence-corrected chi connectivity index (χ4v) is 0.0500. The minimum absolute atomic E-state index is 0.0451. The largest absolute Gasteiger partial charge is 0.478 e. The molecule has 0 saturated carbocycles. The third kappa shape index (κ3) is 153. The van der Waals surface area contributed by atoms with Crippen LogP contribution < -0.4 is 0 Å². The van der Waals surface area contributed by atoms with Crippen LogP contribution >= 0.6 is 0 Å². The maximum Gasteiger partial charge on any atom is 0.327 e. The normalized spacial score (nSPS) is 7.46. The number of carboxylic acid groups (broad SMARTS) is 6. The highest BCUT2D eigenvalue weighted by molar-refractivity contribution is 5.80. The molecule has 0 aliphatic carbocycles. The Morgan fingerprint density at radius 1 is 0.459 bits per heavy atom. The van der Waals surface area contributed by atoms with Crippen LogP contribution in [0, 0.1) is 5.41 Å². The van der Waals surface area contributed by atoms with Gasteiger partial charge in [-0.05, 0) is 0 Å². The lowest BCUT2D eigenvalue weighted by molar-refractivity contribution is -0.132. The van der Waals surface area contributed by atoms with Crippen LogP contribution in [0.15, 0.2) is 75.9 Å².